The Morgan fingerprint density at radius 1 is 1.35 bits per heavy atom. The number of hydrogen-bond donors (Lipinski definition) is 2. The van der Waals surface area contributed by atoms with Crippen molar-refractivity contribution >= 4 is 29.9 Å². The van der Waals surface area contributed by atoms with Gasteiger partial charge >= 0.3 is 0 Å². The Bertz CT molecular complexity index is 552. The number of hydrogen-bond acceptors (Lipinski definition) is 4. The van der Waals surface area contributed by atoms with E-state index in [0.717, 1.165) is 38.3 Å². The van der Waals surface area contributed by atoms with E-state index in [1.165, 1.54) is 19.3 Å². The second-order valence-corrected chi connectivity index (χ2v) is 7.04. The summed E-state index contributed by atoms with van der Waals surface area (Å²) in [6, 6.07) is 5.70. The van der Waals surface area contributed by atoms with E-state index in [1.54, 1.807) is 13.2 Å². The van der Waals surface area contributed by atoms with Crippen molar-refractivity contribution in [2.45, 2.75) is 50.7 Å². The number of aliphatic imine (C=N–C) groups is 1. The molecule has 0 aromatic carbocycles. The molecule has 2 N–H and O–H groups in total. The molecule has 2 aliphatic rings. The Hall–Kier alpha value is -1.09. The summed E-state index contributed by atoms with van der Waals surface area (Å²) in [6.45, 7) is 2.26. The summed E-state index contributed by atoms with van der Waals surface area (Å²) in [7, 11) is 1.79. The molecular weight excluding hydrogens is 443 g/mol. The number of aliphatic hydroxyl groups excluding tert-OH is 1. The fourth-order valence-corrected chi connectivity index (χ4v) is 3.82. The zero-order chi connectivity index (χ0) is 17.5. The van der Waals surface area contributed by atoms with Gasteiger partial charge in [-0.25, -0.2) is 4.98 Å². The van der Waals surface area contributed by atoms with Gasteiger partial charge in [-0.15, -0.1) is 24.0 Å². The monoisotopic (exact) mass is 474 g/mol. The number of pyridine rings is 1. The maximum Gasteiger partial charge on any atom is 0.213 e. The highest BCUT2D eigenvalue weighted by Crippen LogP contribution is 2.26. The zero-order valence-electron chi connectivity index (χ0n) is 15.5. The van der Waals surface area contributed by atoms with Gasteiger partial charge in [-0.05, 0) is 24.8 Å². The van der Waals surface area contributed by atoms with Crippen LogP contribution in [0.1, 0.15) is 38.5 Å². The zero-order valence-corrected chi connectivity index (χ0v) is 17.8. The van der Waals surface area contributed by atoms with Crippen LogP contribution in [0.2, 0.25) is 0 Å². The molecule has 2 atom stereocenters. The summed E-state index contributed by atoms with van der Waals surface area (Å²) in [5.41, 5.74) is 0. The van der Waals surface area contributed by atoms with E-state index < -0.39 is 0 Å². The SMILES string of the molecule is CN=C(NCC(O)C1CCCCC1)N1CCC(Oc2ccccn2)C1.I. The third-order valence-corrected chi connectivity index (χ3v) is 5.24. The van der Waals surface area contributed by atoms with E-state index in [1.807, 2.05) is 18.2 Å². The molecule has 1 aromatic rings. The Morgan fingerprint density at radius 2 is 2.15 bits per heavy atom. The molecule has 2 fully saturated rings. The normalized spacial score (nSPS) is 22.6. The number of aliphatic hydroxyl groups is 1. The van der Waals surface area contributed by atoms with Crippen molar-refractivity contribution in [3.8, 4) is 5.88 Å². The van der Waals surface area contributed by atoms with Crippen molar-refractivity contribution in [2.24, 2.45) is 10.9 Å². The second-order valence-electron chi connectivity index (χ2n) is 7.04. The van der Waals surface area contributed by atoms with E-state index in [9.17, 15) is 5.11 Å². The van der Waals surface area contributed by atoms with Gasteiger partial charge < -0.3 is 20.1 Å². The standard InChI is InChI=1S/C19H30N4O2.HI/c1-20-19(22-13-17(24)15-7-3-2-4-8-15)23-12-10-16(14-23)25-18-9-5-6-11-21-18;/h5-6,9,11,15-17,24H,2-4,7-8,10,12-14H2,1H3,(H,20,22);1H. The lowest BCUT2D eigenvalue weighted by molar-refractivity contribution is 0.0874. The van der Waals surface area contributed by atoms with Crippen LogP contribution >= 0.6 is 24.0 Å². The lowest BCUT2D eigenvalue weighted by Gasteiger charge is -2.28. The van der Waals surface area contributed by atoms with E-state index in [0.29, 0.717) is 18.3 Å². The number of aromatic nitrogens is 1. The predicted molar refractivity (Wildman–Crippen MR) is 114 cm³/mol. The molecule has 0 bridgehead atoms. The smallest absolute Gasteiger partial charge is 0.213 e. The molecular formula is C19H31IN4O2. The molecule has 6 nitrogen and oxygen atoms in total. The van der Waals surface area contributed by atoms with E-state index in [4.69, 9.17) is 4.74 Å². The minimum absolute atomic E-state index is 0. The molecule has 1 saturated carbocycles. The number of rotatable bonds is 5. The number of nitrogens with zero attached hydrogens (tertiary/aromatic N) is 3. The molecule has 7 heteroatoms. The third-order valence-electron chi connectivity index (χ3n) is 5.24. The van der Waals surface area contributed by atoms with Crippen molar-refractivity contribution < 1.29 is 9.84 Å². The second kappa shape index (κ2) is 10.9. The summed E-state index contributed by atoms with van der Waals surface area (Å²) in [4.78, 5) is 10.8. The first-order chi connectivity index (χ1) is 12.3. The molecule has 1 aromatic heterocycles. The van der Waals surface area contributed by atoms with E-state index >= 15 is 0 Å². The number of likely N-dealkylation sites (tertiary alicyclic amines) is 1. The largest absolute Gasteiger partial charge is 0.472 e. The minimum atomic E-state index is -0.291. The Morgan fingerprint density at radius 3 is 2.85 bits per heavy atom. The molecule has 146 valence electrons. The fourth-order valence-electron chi connectivity index (χ4n) is 3.82. The number of guanidine groups is 1. The molecule has 2 unspecified atom stereocenters. The van der Waals surface area contributed by atoms with Crippen LogP contribution in [0.3, 0.4) is 0 Å². The number of nitrogens with one attached hydrogen (secondary N) is 1. The lowest BCUT2D eigenvalue weighted by Crippen LogP contribution is -2.45. The van der Waals surface area contributed by atoms with Gasteiger partial charge in [-0.3, -0.25) is 4.99 Å². The van der Waals surface area contributed by atoms with E-state index in [2.05, 4.69) is 20.2 Å². The van der Waals surface area contributed by atoms with Crippen LogP contribution in [0, 0.1) is 5.92 Å². The average Bonchev–Trinajstić information content (AvgIpc) is 3.12. The summed E-state index contributed by atoms with van der Waals surface area (Å²) >= 11 is 0. The van der Waals surface area contributed by atoms with Gasteiger partial charge in [0.05, 0.1) is 12.6 Å². The van der Waals surface area contributed by atoms with Gasteiger partial charge in [0.2, 0.25) is 5.88 Å². The van der Waals surface area contributed by atoms with Crippen molar-refractivity contribution in [1.82, 2.24) is 15.2 Å². The van der Waals surface area contributed by atoms with Gasteiger partial charge in [-0.2, -0.15) is 0 Å². The van der Waals surface area contributed by atoms with E-state index in [-0.39, 0.29) is 36.2 Å². The molecule has 0 radical (unpaired) electrons. The minimum Gasteiger partial charge on any atom is -0.472 e. The van der Waals surface area contributed by atoms with Crippen molar-refractivity contribution in [3.63, 3.8) is 0 Å². The highest BCUT2D eigenvalue weighted by Gasteiger charge is 2.28. The van der Waals surface area contributed by atoms with Crippen molar-refractivity contribution in [1.29, 1.82) is 0 Å². The molecule has 1 saturated heterocycles. The molecule has 3 rings (SSSR count). The first kappa shape index (κ1) is 21.2. The van der Waals surface area contributed by atoms with Crippen LogP contribution in [0.4, 0.5) is 0 Å². The van der Waals surface area contributed by atoms with Crippen molar-refractivity contribution in [3.05, 3.63) is 24.4 Å². The third kappa shape index (κ3) is 5.97. The van der Waals surface area contributed by atoms with Crippen LogP contribution in [0.25, 0.3) is 0 Å². The predicted octanol–water partition coefficient (Wildman–Crippen LogP) is 2.67. The number of halogens is 1. The highest BCUT2D eigenvalue weighted by atomic mass is 127. The quantitative estimate of drug-likeness (QED) is 0.390. The van der Waals surface area contributed by atoms with Crippen LogP contribution in [-0.2, 0) is 0 Å². The summed E-state index contributed by atoms with van der Waals surface area (Å²) in [5, 5.41) is 13.8. The van der Waals surface area contributed by atoms with Crippen molar-refractivity contribution in [2.75, 3.05) is 26.7 Å². The molecule has 2 heterocycles. The molecule has 0 spiro atoms. The fraction of sp³-hybridized carbons (Fsp3) is 0.684. The molecule has 0 amide bonds. The molecule has 1 aliphatic heterocycles. The first-order valence-corrected chi connectivity index (χ1v) is 9.47. The summed E-state index contributed by atoms with van der Waals surface area (Å²) in [6.07, 6.45) is 8.61. The maximum absolute atomic E-state index is 10.4. The summed E-state index contributed by atoms with van der Waals surface area (Å²) in [5.74, 6) is 1.95. The van der Waals surface area contributed by atoms with Gasteiger partial charge in [0.1, 0.15) is 6.10 Å². The lowest BCUT2D eigenvalue weighted by atomic mass is 9.85. The molecule has 26 heavy (non-hydrogen) atoms. The first-order valence-electron chi connectivity index (χ1n) is 9.47. The van der Waals surface area contributed by atoms with Gasteiger partial charge in [0.15, 0.2) is 5.96 Å². The molecule has 1 aliphatic carbocycles. The van der Waals surface area contributed by atoms with Gasteiger partial charge in [0.25, 0.3) is 0 Å². The van der Waals surface area contributed by atoms with Crippen LogP contribution in [-0.4, -0.2) is 59.8 Å². The Balaban J connectivity index is 0.00000243. The highest BCUT2D eigenvalue weighted by molar-refractivity contribution is 14.0. The summed E-state index contributed by atoms with van der Waals surface area (Å²) < 4.78 is 5.94. The average molecular weight is 474 g/mol. The van der Waals surface area contributed by atoms with Gasteiger partial charge in [0, 0.05) is 38.8 Å². The Labute approximate surface area is 173 Å². The van der Waals surface area contributed by atoms with Crippen LogP contribution in [0.5, 0.6) is 5.88 Å². The van der Waals surface area contributed by atoms with Crippen LogP contribution < -0.4 is 10.1 Å². The Kier molecular flexibility index (Phi) is 8.90. The van der Waals surface area contributed by atoms with Crippen LogP contribution in [0.15, 0.2) is 29.4 Å². The maximum atomic E-state index is 10.4. The van der Waals surface area contributed by atoms with Gasteiger partial charge in [-0.1, -0.05) is 25.3 Å². The number of ether oxygens (including phenoxy) is 1. The topological polar surface area (TPSA) is 70.0 Å².